The summed E-state index contributed by atoms with van der Waals surface area (Å²) in [7, 11) is 0. The maximum absolute atomic E-state index is 9.44. The van der Waals surface area contributed by atoms with Gasteiger partial charge in [-0.2, -0.15) is 0 Å². The van der Waals surface area contributed by atoms with Crippen molar-refractivity contribution in [1.29, 1.82) is 0 Å². The molecule has 1 aliphatic rings. The number of aromatic nitrogens is 2. The molecular formula is C13H23N5O. The number of nitrogens with two attached hydrogens (primary N) is 1. The van der Waals surface area contributed by atoms with E-state index in [1.165, 1.54) is 12.8 Å². The Bertz CT molecular complexity index is 390. The molecule has 0 spiro atoms. The highest BCUT2D eigenvalue weighted by Crippen LogP contribution is 2.26. The summed E-state index contributed by atoms with van der Waals surface area (Å²) in [6, 6.07) is 2.09. The van der Waals surface area contributed by atoms with Gasteiger partial charge in [-0.05, 0) is 12.8 Å². The van der Waals surface area contributed by atoms with Crippen molar-refractivity contribution < 1.29 is 5.11 Å². The van der Waals surface area contributed by atoms with Gasteiger partial charge >= 0.3 is 0 Å². The van der Waals surface area contributed by atoms with Crippen molar-refractivity contribution >= 4 is 11.6 Å². The minimum atomic E-state index is 0.228. The van der Waals surface area contributed by atoms with Crippen LogP contribution in [-0.2, 0) is 6.42 Å². The zero-order valence-electron chi connectivity index (χ0n) is 11.4. The first kappa shape index (κ1) is 14.0. The van der Waals surface area contributed by atoms with Crippen LogP contribution in [0.15, 0.2) is 6.07 Å². The van der Waals surface area contributed by atoms with Crippen molar-refractivity contribution in [2.45, 2.75) is 45.1 Å². The highest BCUT2D eigenvalue weighted by molar-refractivity contribution is 5.47. The maximum atomic E-state index is 9.44. The van der Waals surface area contributed by atoms with Crippen LogP contribution in [0, 0.1) is 5.92 Å². The van der Waals surface area contributed by atoms with Crippen molar-refractivity contribution in [2.75, 3.05) is 17.3 Å². The Morgan fingerprint density at radius 2 is 2.05 bits per heavy atom. The molecule has 0 radical (unpaired) electrons. The SMILES string of the molecule is CCc1nc(NN)cc(NC2CCCCC2CO)n1. The normalized spacial score (nSPS) is 23.1. The van der Waals surface area contributed by atoms with Crippen molar-refractivity contribution in [3.63, 3.8) is 0 Å². The number of hydrogen-bond acceptors (Lipinski definition) is 6. The molecule has 19 heavy (non-hydrogen) atoms. The van der Waals surface area contributed by atoms with Gasteiger partial charge in [0.2, 0.25) is 0 Å². The van der Waals surface area contributed by atoms with E-state index in [0.717, 1.165) is 30.9 Å². The third kappa shape index (κ3) is 3.54. The molecule has 0 aliphatic heterocycles. The molecule has 1 aliphatic carbocycles. The van der Waals surface area contributed by atoms with Crippen LogP contribution in [0.25, 0.3) is 0 Å². The standard InChI is InChI=1S/C13H23N5O/c1-2-11-16-12(7-13(17-11)18-14)15-10-6-4-3-5-9(10)8-19/h7,9-10,19H,2-6,8,14H2,1H3,(H2,15,16,17,18). The predicted octanol–water partition coefficient (Wildman–Crippen LogP) is 1.29. The first-order valence-corrected chi connectivity index (χ1v) is 6.98. The summed E-state index contributed by atoms with van der Waals surface area (Å²) in [4.78, 5) is 8.73. The molecule has 1 aromatic rings. The molecule has 0 aromatic carbocycles. The second-order valence-electron chi connectivity index (χ2n) is 5.03. The fourth-order valence-electron chi connectivity index (χ4n) is 2.61. The molecule has 1 heterocycles. The van der Waals surface area contributed by atoms with E-state index in [0.29, 0.717) is 11.7 Å². The van der Waals surface area contributed by atoms with Gasteiger partial charge in [-0.3, -0.25) is 0 Å². The van der Waals surface area contributed by atoms with Gasteiger partial charge in [0.15, 0.2) is 0 Å². The smallest absolute Gasteiger partial charge is 0.145 e. The molecule has 106 valence electrons. The molecule has 6 nitrogen and oxygen atoms in total. The third-order valence-electron chi connectivity index (χ3n) is 3.71. The molecule has 1 fully saturated rings. The lowest BCUT2D eigenvalue weighted by molar-refractivity contribution is 0.178. The van der Waals surface area contributed by atoms with Crippen LogP contribution in [0.3, 0.4) is 0 Å². The summed E-state index contributed by atoms with van der Waals surface area (Å²) in [6.45, 7) is 2.24. The number of aliphatic hydroxyl groups is 1. The molecule has 2 unspecified atom stereocenters. The number of nitrogen functional groups attached to an aromatic ring is 1. The van der Waals surface area contributed by atoms with Crippen molar-refractivity contribution in [1.82, 2.24) is 9.97 Å². The second-order valence-corrected chi connectivity index (χ2v) is 5.03. The van der Waals surface area contributed by atoms with E-state index in [1.807, 2.05) is 13.0 Å². The topological polar surface area (TPSA) is 96.1 Å². The number of rotatable bonds is 5. The van der Waals surface area contributed by atoms with E-state index >= 15 is 0 Å². The first-order valence-electron chi connectivity index (χ1n) is 6.98. The van der Waals surface area contributed by atoms with Crippen LogP contribution in [-0.4, -0.2) is 27.7 Å². The average molecular weight is 265 g/mol. The Labute approximate surface area is 113 Å². The molecular weight excluding hydrogens is 242 g/mol. The molecule has 1 aromatic heterocycles. The van der Waals surface area contributed by atoms with Crippen molar-refractivity contribution in [3.05, 3.63) is 11.9 Å². The van der Waals surface area contributed by atoms with Crippen LogP contribution < -0.4 is 16.6 Å². The molecule has 6 heteroatoms. The van der Waals surface area contributed by atoms with Crippen LogP contribution in [0.4, 0.5) is 11.6 Å². The minimum Gasteiger partial charge on any atom is -0.396 e. The Morgan fingerprint density at radius 1 is 1.32 bits per heavy atom. The molecule has 5 N–H and O–H groups in total. The molecule has 0 bridgehead atoms. The summed E-state index contributed by atoms with van der Waals surface area (Å²) in [5.74, 6) is 7.89. The second kappa shape index (κ2) is 6.68. The van der Waals surface area contributed by atoms with Gasteiger partial charge in [0.1, 0.15) is 17.5 Å². The highest BCUT2D eigenvalue weighted by Gasteiger charge is 2.24. The van der Waals surface area contributed by atoms with Gasteiger partial charge in [0.05, 0.1) is 0 Å². The first-order chi connectivity index (χ1) is 9.26. The Hall–Kier alpha value is -1.40. The van der Waals surface area contributed by atoms with Crippen LogP contribution >= 0.6 is 0 Å². The molecule has 2 rings (SSSR count). The number of aryl methyl sites for hydroxylation is 1. The Morgan fingerprint density at radius 3 is 2.74 bits per heavy atom. The summed E-state index contributed by atoms with van der Waals surface area (Å²) in [6.07, 6.45) is 5.30. The number of nitrogens with one attached hydrogen (secondary N) is 2. The minimum absolute atomic E-state index is 0.228. The number of hydrazine groups is 1. The van der Waals surface area contributed by atoms with Gasteiger partial charge in [0, 0.05) is 31.1 Å². The molecule has 0 amide bonds. The van der Waals surface area contributed by atoms with E-state index < -0.39 is 0 Å². The van der Waals surface area contributed by atoms with Gasteiger partial charge in [0.25, 0.3) is 0 Å². The highest BCUT2D eigenvalue weighted by atomic mass is 16.3. The zero-order chi connectivity index (χ0) is 13.7. The fraction of sp³-hybridized carbons (Fsp3) is 0.692. The molecule has 0 saturated heterocycles. The lowest BCUT2D eigenvalue weighted by Gasteiger charge is -2.31. The zero-order valence-corrected chi connectivity index (χ0v) is 11.4. The van der Waals surface area contributed by atoms with Gasteiger partial charge in [-0.15, -0.1) is 0 Å². The molecule has 1 saturated carbocycles. The van der Waals surface area contributed by atoms with E-state index in [1.54, 1.807) is 0 Å². The van der Waals surface area contributed by atoms with Gasteiger partial charge < -0.3 is 15.8 Å². The van der Waals surface area contributed by atoms with Gasteiger partial charge in [-0.25, -0.2) is 15.8 Å². The fourth-order valence-corrected chi connectivity index (χ4v) is 2.61. The van der Waals surface area contributed by atoms with Crippen molar-refractivity contribution in [3.8, 4) is 0 Å². The van der Waals surface area contributed by atoms with E-state index in [2.05, 4.69) is 20.7 Å². The Kier molecular flexibility index (Phi) is 4.93. The number of aliphatic hydroxyl groups excluding tert-OH is 1. The lowest BCUT2D eigenvalue weighted by atomic mass is 9.85. The van der Waals surface area contributed by atoms with E-state index in [9.17, 15) is 5.11 Å². The number of nitrogens with zero attached hydrogens (tertiary/aromatic N) is 2. The van der Waals surface area contributed by atoms with Crippen LogP contribution in [0.1, 0.15) is 38.4 Å². The van der Waals surface area contributed by atoms with Crippen LogP contribution in [0.2, 0.25) is 0 Å². The number of hydrogen-bond donors (Lipinski definition) is 4. The predicted molar refractivity (Wildman–Crippen MR) is 75.7 cm³/mol. The average Bonchev–Trinajstić information content (AvgIpc) is 2.47. The molecule has 2 atom stereocenters. The number of anilines is 2. The summed E-state index contributed by atoms with van der Waals surface area (Å²) in [5, 5.41) is 12.9. The lowest BCUT2D eigenvalue weighted by Crippen LogP contribution is -2.34. The van der Waals surface area contributed by atoms with E-state index in [-0.39, 0.29) is 12.6 Å². The van der Waals surface area contributed by atoms with Crippen molar-refractivity contribution in [2.24, 2.45) is 11.8 Å². The van der Waals surface area contributed by atoms with E-state index in [4.69, 9.17) is 5.84 Å². The summed E-state index contributed by atoms with van der Waals surface area (Å²) < 4.78 is 0. The monoisotopic (exact) mass is 265 g/mol. The maximum Gasteiger partial charge on any atom is 0.145 e. The summed E-state index contributed by atoms with van der Waals surface area (Å²) in [5.41, 5.74) is 2.56. The van der Waals surface area contributed by atoms with Crippen LogP contribution in [0.5, 0.6) is 0 Å². The summed E-state index contributed by atoms with van der Waals surface area (Å²) >= 11 is 0. The van der Waals surface area contributed by atoms with Gasteiger partial charge in [-0.1, -0.05) is 19.8 Å². The quantitative estimate of drug-likeness (QED) is 0.473. The largest absolute Gasteiger partial charge is 0.396 e. The Balaban J connectivity index is 2.12. The third-order valence-corrected chi connectivity index (χ3v) is 3.71.